The highest BCUT2D eigenvalue weighted by molar-refractivity contribution is 6.04. The fourth-order valence-electron chi connectivity index (χ4n) is 5.07. The Morgan fingerprint density at radius 1 is 0.889 bits per heavy atom. The number of hydrogen-bond donors (Lipinski definition) is 6. The van der Waals surface area contributed by atoms with Gasteiger partial charge in [-0.1, -0.05) is 29.4 Å². The predicted molar refractivity (Wildman–Crippen MR) is 194 cm³/mol. The van der Waals surface area contributed by atoms with Gasteiger partial charge in [0.1, 0.15) is 22.5 Å². The highest BCUT2D eigenvalue weighted by atomic mass is 16.5. The number of aryl methyl sites for hydroxylation is 2. The highest BCUT2D eigenvalue weighted by Crippen LogP contribution is 2.32. The summed E-state index contributed by atoms with van der Waals surface area (Å²) in [6.45, 7) is 6.05. The van der Waals surface area contributed by atoms with E-state index in [-0.39, 0.29) is 47.8 Å². The lowest BCUT2D eigenvalue weighted by molar-refractivity contribution is 0.0979. The van der Waals surface area contributed by atoms with Gasteiger partial charge in [-0.25, -0.2) is 9.97 Å². The average Bonchev–Trinajstić information content (AvgIpc) is 3.94. The number of nitrogens with zero attached hydrogens (tertiary/aromatic N) is 5. The Balaban J connectivity index is 0.000000217. The van der Waals surface area contributed by atoms with Crippen LogP contribution in [0.5, 0.6) is 11.5 Å². The molecule has 0 fully saturated rings. The summed E-state index contributed by atoms with van der Waals surface area (Å²) in [7, 11) is 1.45. The number of aliphatic hydroxyl groups excluding tert-OH is 1. The number of carbonyl (C=O) groups is 4. The molecule has 4 amide bonds. The van der Waals surface area contributed by atoms with Crippen LogP contribution in [0.3, 0.4) is 0 Å². The lowest BCUT2D eigenvalue weighted by Gasteiger charge is -2.12. The van der Waals surface area contributed by atoms with Crippen molar-refractivity contribution in [3.8, 4) is 11.5 Å². The molecule has 8 N–H and O–H groups in total. The lowest BCUT2D eigenvalue weighted by Crippen LogP contribution is -2.15. The molecule has 0 unspecified atom stereocenters. The Labute approximate surface area is 306 Å². The summed E-state index contributed by atoms with van der Waals surface area (Å²) in [5.74, 6) is -0.933. The first-order chi connectivity index (χ1) is 25.9. The number of aliphatic hydroxyl groups is 1. The van der Waals surface area contributed by atoms with Gasteiger partial charge in [-0.3, -0.25) is 29.8 Å². The normalized spacial score (nSPS) is 11.1. The van der Waals surface area contributed by atoms with Crippen LogP contribution in [0, 0.1) is 13.8 Å². The van der Waals surface area contributed by atoms with Gasteiger partial charge >= 0.3 is 0 Å². The van der Waals surface area contributed by atoms with Crippen molar-refractivity contribution in [2.75, 3.05) is 31.0 Å². The third-order valence-electron chi connectivity index (χ3n) is 7.56. The largest absolute Gasteiger partial charge is 0.494 e. The van der Waals surface area contributed by atoms with Gasteiger partial charge in [0.25, 0.3) is 11.8 Å². The number of imidazole rings is 2. The van der Waals surface area contributed by atoms with E-state index in [1.807, 2.05) is 19.1 Å². The molecule has 0 saturated heterocycles. The van der Waals surface area contributed by atoms with E-state index in [0.717, 1.165) is 6.42 Å². The molecule has 54 heavy (non-hydrogen) atoms. The van der Waals surface area contributed by atoms with Gasteiger partial charge in [0.05, 0.1) is 36.1 Å². The first-order valence-electron chi connectivity index (χ1n) is 16.5. The van der Waals surface area contributed by atoms with Gasteiger partial charge in [-0.15, -0.1) is 0 Å². The number of H-pyrrole nitrogens is 1. The number of hydrogen-bond acceptors (Lipinski definition) is 13. The van der Waals surface area contributed by atoms with E-state index in [4.69, 9.17) is 35.1 Å². The summed E-state index contributed by atoms with van der Waals surface area (Å²) in [6.07, 6.45) is 5.19. The Hall–Kier alpha value is -7.02. The first-order valence-corrected chi connectivity index (χ1v) is 16.5. The molecule has 19 heteroatoms. The third kappa shape index (κ3) is 8.88. The second-order valence-corrected chi connectivity index (χ2v) is 11.7. The molecule has 0 atom stereocenters. The minimum atomic E-state index is -0.628. The number of aromatic nitrogens is 6. The monoisotopic (exact) mass is 742 g/mol. The van der Waals surface area contributed by atoms with Crippen molar-refractivity contribution in [1.82, 2.24) is 29.8 Å². The van der Waals surface area contributed by atoms with Crippen LogP contribution in [-0.4, -0.2) is 78.9 Å². The van der Waals surface area contributed by atoms with Crippen molar-refractivity contribution < 1.29 is 42.8 Å². The zero-order chi connectivity index (χ0) is 38.9. The summed E-state index contributed by atoms with van der Waals surface area (Å²) in [6, 6.07) is 9.12. The zero-order valence-corrected chi connectivity index (χ0v) is 29.8. The first kappa shape index (κ1) is 38.2. The Morgan fingerprint density at radius 3 is 2.09 bits per heavy atom. The lowest BCUT2D eigenvalue weighted by atomic mass is 10.1. The van der Waals surface area contributed by atoms with Gasteiger partial charge in [0, 0.05) is 42.8 Å². The van der Waals surface area contributed by atoms with Crippen LogP contribution >= 0.6 is 0 Å². The molecule has 0 saturated carbocycles. The van der Waals surface area contributed by atoms with E-state index in [1.54, 1.807) is 24.5 Å². The van der Waals surface area contributed by atoms with Crippen LogP contribution in [0.4, 0.5) is 11.9 Å². The van der Waals surface area contributed by atoms with Crippen LogP contribution < -0.4 is 31.6 Å². The van der Waals surface area contributed by atoms with Crippen molar-refractivity contribution >= 4 is 57.6 Å². The van der Waals surface area contributed by atoms with E-state index in [2.05, 4.69) is 35.9 Å². The SMILES string of the molecule is CC/C=C/Cn1c(NC(=O)c2cc(C)no2)nc2cc(C(N)=O)cc(OCCCO)c21.COc1cc(C(N)=O)cc2[nH]c(NC(=O)c3cc(C)no3)nc12. The number of nitrogens with one attached hydrogen (secondary N) is 3. The topological polar surface area (TPSA) is 282 Å². The minimum absolute atomic E-state index is 0.0327. The van der Waals surface area contributed by atoms with Crippen molar-refractivity contribution in [2.24, 2.45) is 11.5 Å². The number of benzene rings is 2. The molecule has 0 aliphatic rings. The molecule has 6 rings (SSSR count). The number of aromatic amines is 1. The number of ether oxygens (including phenoxy) is 2. The van der Waals surface area contributed by atoms with Gasteiger partial charge in [0.15, 0.2) is 0 Å². The van der Waals surface area contributed by atoms with Crippen LogP contribution in [0.25, 0.3) is 22.1 Å². The minimum Gasteiger partial charge on any atom is -0.494 e. The Morgan fingerprint density at radius 2 is 1.52 bits per heavy atom. The van der Waals surface area contributed by atoms with Crippen molar-refractivity contribution in [3.05, 3.63) is 82.6 Å². The summed E-state index contributed by atoms with van der Waals surface area (Å²) in [5, 5.41) is 21.7. The number of carbonyl (C=O) groups excluding carboxylic acids is 4. The second-order valence-electron chi connectivity index (χ2n) is 11.7. The van der Waals surface area contributed by atoms with E-state index in [1.165, 1.54) is 37.4 Å². The molecular formula is C35H38N10O9. The fraction of sp³-hybridized carbons (Fsp3) is 0.257. The standard InChI is InChI=1S/C21H25N5O5.C14H13N5O4/c1-3-4-5-7-26-18-15(11-14(19(22)28)12-16(18)30-9-6-8-27)23-21(26)24-20(29)17-10-13(2)25-31-17;1-6-3-10(23-19-6)13(21)18-14-16-8-4-7(12(15)20)5-9(22-2)11(8)17-14/h4-5,10-12,27H,3,6-9H2,1-2H3,(H2,22,28)(H,23,24,29);3-5H,1-2H3,(H2,15,20)(H2,16,17,18,21)/b5-4+;. The molecule has 0 radical (unpaired) electrons. The molecule has 282 valence electrons. The number of anilines is 2. The molecule has 0 aliphatic carbocycles. The fourth-order valence-corrected chi connectivity index (χ4v) is 5.07. The smallest absolute Gasteiger partial charge is 0.296 e. The van der Waals surface area contributed by atoms with Crippen molar-refractivity contribution in [1.29, 1.82) is 0 Å². The van der Waals surface area contributed by atoms with Crippen LogP contribution in [0.2, 0.25) is 0 Å². The van der Waals surface area contributed by atoms with E-state index in [0.29, 0.717) is 57.9 Å². The maximum Gasteiger partial charge on any atom is 0.296 e. The van der Waals surface area contributed by atoms with Crippen molar-refractivity contribution in [3.63, 3.8) is 0 Å². The number of methoxy groups -OCH3 is 1. The summed E-state index contributed by atoms with van der Waals surface area (Å²) in [4.78, 5) is 59.3. The molecule has 0 aliphatic heterocycles. The Bertz CT molecular complexity index is 2350. The molecule has 0 bridgehead atoms. The number of primary amides is 2. The number of amides is 4. The van der Waals surface area contributed by atoms with E-state index >= 15 is 0 Å². The maximum atomic E-state index is 12.6. The zero-order valence-electron chi connectivity index (χ0n) is 29.8. The van der Waals surface area contributed by atoms with Crippen molar-refractivity contribution in [2.45, 2.75) is 40.2 Å². The van der Waals surface area contributed by atoms with Crippen LogP contribution in [0.15, 0.2) is 57.6 Å². The van der Waals surface area contributed by atoms with E-state index < -0.39 is 23.6 Å². The summed E-state index contributed by atoms with van der Waals surface area (Å²) >= 11 is 0. The summed E-state index contributed by atoms with van der Waals surface area (Å²) in [5.41, 5.74) is 14.4. The van der Waals surface area contributed by atoms with Gasteiger partial charge in [-0.2, -0.15) is 0 Å². The van der Waals surface area contributed by atoms with Crippen LogP contribution in [0.1, 0.15) is 73.0 Å². The van der Waals surface area contributed by atoms with Crippen LogP contribution in [-0.2, 0) is 6.54 Å². The number of rotatable bonds is 14. The molecule has 19 nitrogen and oxygen atoms in total. The predicted octanol–water partition coefficient (Wildman–Crippen LogP) is 3.63. The third-order valence-corrected chi connectivity index (χ3v) is 7.56. The molecular weight excluding hydrogens is 704 g/mol. The molecule has 2 aromatic carbocycles. The Kier molecular flexibility index (Phi) is 12.0. The second kappa shape index (κ2) is 17.0. The molecule has 4 heterocycles. The number of allylic oxidation sites excluding steroid dienone is 2. The van der Waals surface area contributed by atoms with Gasteiger partial charge in [-0.05, 0) is 44.5 Å². The number of nitrogens with two attached hydrogens (primary N) is 2. The molecule has 6 aromatic rings. The quantitative estimate of drug-likeness (QED) is 0.0688. The molecule has 0 spiro atoms. The number of fused-ring (bicyclic) bond motifs is 2. The average molecular weight is 743 g/mol. The molecule has 4 aromatic heterocycles. The van der Waals surface area contributed by atoms with E-state index in [9.17, 15) is 19.2 Å². The van der Waals surface area contributed by atoms with Gasteiger partial charge in [0.2, 0.25) is 35.2 Å². The highest BCUT2D eigenvalue weighted by Gasteiger charge is 2.22. The summed E-state index contributed by atoms with van der Waals surface area (Å²) < 4.78 is 22.7. The maximum absolute atomic E-state index is 12.6. The van der Waals surface area contributed by atoms with Gasteiger partial charge < -0.3 is 44.6 Å².